The predicted octanol–water partition coefficient (Wildman–Crippen LogP) is 13.6. The molecule has 4 nitrogen and oxygen atoms in total. The zero-order valence-corrected chi connectivity index (χ0v) is 30.9. The lowest BCUT2D eigenvalue weighted by Crippen LogP contribution is -2.16. The number of rotatable bonds is 4. The average Bonchev–Trinajstić information content (AvgIpc) is 3.84. The van der Waals surface area contributed by atoms with Gasteiger partial charge >= 0.3 is 0 Å². The van der Waals surface area contributed by atoms with Gasteiger partial charge < -0.3 is 4.42 Å². The van der Waals surface area contributed by atoms with Crippen LogP contribution in [0.25, 0.3) is 97.9 Å². The van der Waals surface area contributed by atoms with Crippen LogP contribution in [0, 0.1) is 0 Å². The molecule has 0 fully saturated rings. The lowest BCUT2D eigenvalue weighted by Gasteiger charge is -2.27. The monoisotopic (exact) mass is 733 g/mol. The second kappa shape index (κ2) is 12.3. The van der Waals surface area contributed by atoms with Crippen molar-refractivity contribution in [3.05, 3.63) is 187 Å². The molecular formula is C51H31N3OS. The van der Waals surface area contributed by atoms with Crippen molar-refractivity contribution in [3.63, 3.8) is 0 Å². The fourth-order valence-corrected chi connectivity index (χ4v) is 10.2. The molecule has 0 saturated carbocycles. The van der Waals surface area contributed by atoms with E-state index in [0.717, 1.165) is 67.2 Å². The highest BCUT2D eigenvalue weighted by molar-refractivity contribution is 7.26. The summed E-state index contributed by atoms with van der Waals surface area (Å²) in [6.07, 6.45) is 0.811. The van der Waals surface area contributed by atoms with Gasteiger partial charge in [0.15, 0.2) is 11.6 Å². The Labute approximate surface area is 326 Å². The first kappa shape index (κ1) is 31.4. The topological polar surface area (TPSA) is 51.8 Å². The molecule has 0 radical (unpaired) electrons. The zero-order chi connectivity index (χ0) is 36.7. The van der Waals surface area contributed by atoms with E-state index in [0.29, 0.717) is 11.6 Å². The van der Waals surface area contributed by atoms with Gasteiger partial charge in [-0.15, -0.1) is 11.3 Å². The molecule has 0 N–H and O–H groups in total. The Morgan fingerprint density at radius 1 is 0.429 bits per heavy atom. The van der Waals surface area contributed by atoms with Crippen LogP contribution in [0.2, 0.25) is 0 Å². The van der Waals surface area contributed by atoms with Crippen molar-refractivity contribution in [2.24, 2.45) is 0 Å². The van der Waals surface area contributed by atoms with Crippen molar-refractivity contribution < 1.29 is 4.42 Å². The molecule has 11 aromatic rings. The molecule has 56 heavy (non-hydrogen) atoms. The van der Waals surface area contributed by atoms with Crippen LogP contribution in [0.1, 0.15) is 22.9 Å². The van der Waals surface area contributed by atoms with Crippen molar-refractivity contribution in [3.8, 4) is 45.0 Å². The summed E-state index contributed by atoms with van der Waals surface area (Å²) in [5.41, 5.74) is 11.1. The highest BCUT2D eigenvalue weighted by Crippen LogP contribution is 2.45. The van der Waals surface area contributed by atoms with Gasteiger partial charge in [-0.2, -0.15) is 0 Å². The maximum absolute atomic E-state index is 6.32. The predicted molar refractivity (Wildman–Crippen MR) is 231 cm³/mol. The van der Waals surface area contributed by atoms with Crippen LogP contribution >= 0.6 is 11.3 Å². The molecule has 8 aromatic carbocycles. The summed E-state index contributed by atoms with van der Waals surface area (Å²) < 4.78 is 8.76. The Balaban J connectivity index is 1.11. The van der Waals surface area contributed by atoms with Crippen LogP contribution in [-0.2, 0) is 6.42 Å². The van der Waals surface area contributed by atoms with E-state index in [1.165, 1.54) is 42.4 Å². The molecule has 262 valence electrons. The molecule has 12 rings (SSSR count). The first-order chi connectivity index (χ1) is 27.8. The minimum atomic E-state index is -0.0410. The van der Waals surface area contributed by atoms with Gasteiger partial charge in [0.1, 0.15) is 17.0 Å². The van der Waals surface area contributed by atoms with Gasteiger partial charge in [0, 0.05) is 48.0 Å². The Morgan fingerprint density at radius 3 is 1.91 bits per heavy atom. The number of hydrogen-bond acceptors (Lipinski definition) is 5. The molecule has 0 bridgehead atoms. The molecule has 1 aliphatic carbocycles. The molecule has 3 aromatic heterocycles. The van der Waals surface area contributed by atoms with Crippen molar-refractivity contribution in [1.82, 2.24) is 15.0 Å². The average molecular weight is 734 g/mol. The van der Waals surface area contributed by atoms with E-state index < -0.39 is 0 Å². The molecule has 0 saturated heterocycles. The Bertz CT molecular complexity index is 3380. The van der Waals surface area contributed by atoms with E-state index >= 15 is 0 Å². The quantitative estimate of drug-likeness (QED) is 0.181. The Kier molecular flexibility index (Phi) is 6.89. The van der Waals surface area contributed by atoms with E-state index in [1.807, 2.05) is 12.1 Å². The largest absolute Gasteiger partial charge is 0.456 e. The highest BCUT2D eigenvalue weighted by atomic mass is 32.1. The van der Waals surface area contributed by atoms with Crippen molar-refractivity contribution in [2.45, 2.75) is 12.3 Å². The van der Waals surface area contributed by atoms with E-state index in [1.54, 1.807) is 11.3 Å². The lowest BCUT2D eigenvalue weighted by molar-refractivity contribution is 0.669. The molecule has 1 aliphatic rings. The first-order valence-electron chi connectivity index (χ1n) is 19.0. The van der Waals surface area contributed by atoms with E-state index in [9.17, 15) is 0 Å². The Hall–Kier alpha value is -6.95. The maximum Gasteiger partial charge on any atom is 0.165 e. The number of benzene rings is 8. The molecule has 0 spiro atoms. The number of hydrogen-bond donors (Lipinski definition) is 0. The minimum Gasteiger partial charge on any atom is -0.456 e. The first-order valence-corrected chi connectivity index (χ1v) is 19.8. The number of nitrogens with zero attached hydrogens (tertiary/aromatic N) is 3. The van der Waals surface area contributed by atoms with Gasteiger partial charge in [0.05, 0.1) is 0 Å². The van der Waals surface area contributed by atoms with Crippen LogP contribution in [0.5, 0.6) is 0 Å². The fraction of sp³-hybridized carbons (Fsp3) is 0.0392. The van der Waals surface area contributed by atoms with Crippen LogP contribution in [-0.4, -0.2) is 15.0 Å². The van der Waals surface area contributed by atoms with Gasteiger partial charge in [0.25, 0.3) is 0 Å². The number of para-hydroxylation sites is 1. The summed E-state index contributed by atoms with van der Waals surface area (Å²) in [6.45, 7) is 0. The second-order valence-electron chi connectivity index (χ2n) is 14.6. The normalized spacial score (nSPS) is 13.8. The number of thiophene rings is 1. The molecule has 0 amide bonds. The smallest absolute Gasteiger partial charge is 0.165 e. The summed E-state index contributed by atoms with van der Waals surface area (Å²) in [6, 6.07) is 60.3. The van der Waals surface area contributed by atoms with E-state index in [2.05, 4.69) is 158 Å². The zero-order valence-electron chi connectivity index (χ0n) is 30.1. The van der Waals surface area contributed by atoms with Crippen LogP contribution in [0.3, 0.4) is 0 Å². The third-order valence-electron chi connectivity index (χ3n) is 11.5. The number of furan rings is 1. The van der Waals surface area contributed by atoms with E-state index in [4.69, 9.17) is 19.4 Å². The van der Waals surface area contributed by atoms with E-state index in [-0.39, 0.29) is 5.92 Å². The minimum absolute atomic E-state index is 0.0410. The van der Waals surface area contributed by atoms with Gasteiger partial charge in [-0.05, 0) is 74.8 Å². The third kappa shape index (κ3) is 4.74. The summed E-state index contributed by atoms with van der Waals surface area (Å²) in [4.78, 5) is 16.3. The highest BCUT2D eigenvalue weighted by Gasteiger charge is 2.29. The maximum atomic E-state index is 6.32. The van der Waals surface area contributed by atoms with Gasteiger partial charge in [0.2, 0.25) is 0 Å². The fourth-order valence-electron chi connectivity index (χ4n) is 9.02. The van der Waals surface area contributed by atoms with Crippen LogP contribution in [0.4, 0.5) is 0 Å². The van der Waals surface area contributed by atoms with Gasteiger partial charge in [-0.25, -0.2) is 15.0 Å². The third-order valence-corrected chi connectivity index (χ3v) is 12.8. The van der Waals surface area contributed by atoms with Crippen LogP contribution < -0.4 is 0 Å². The molecular weight excluding hydrogens is 703 g/mol. The standard InChI is InChI=1S/C51H31N3OS/c1-2-14-31-30(13-1)29-43(36-16-4-3-15-32(31)36)51-53-49(52-50(54-51)42-25-11-23-39-37-17-6-8-28-46(37)56-48(39)42)40-24-10-19-33-34(20-9-21-35(33)40)38-22-12-27-45-47(38)41-18-5-7-26-44(41)55-45/h1-28,43H,29H2. The number of fused-ring (bicyclic) bond motifs is 10. The molecule has 1 unspecified atom stereocenters. The lowest BCUT2D eigenvalue weighted by atomic mass is 9.78. The number of aromatic nitrogens is 3. The van der Waals surface area contributed by atoms with Gasteiger partial charge in [-0.1, -0.05) is 146 Å². The molecule has 5 heteroatoms. The van der Waals surface area contributed by atoms with Crippen LogP contribution in [0.15, 0.2) is 174 Å². The Morgan fingerprint density at radius 2 is 1.02 bits per heavy atom. The summed E-state index contributed by atoms with van der Waals surface area (Å²) in [5, 5.41) is 6.94. The summed E-state index contributed by atoms with van der Waals surface area (Å²) in [7, 11) is 0. The van der Waals surface area contributed by atoms with Crippen molar-refractivity contribution in [1.29, 1.82) is 0 Å². The molecule has 1 atom stereocenters. The second-order valence-corrected chi connectivity index (χ2v) is 15.7. The summed E-state index contributed by atoms with van der Waals surface area (Å²) >= 11 is 1.80. The molecule has 0 aliphatic heterocycles. The van der Waals surface area contributed by atoms with Gasteiger partial charge in [-0.3, -0.25) is 0 Å². The summed E-state index contributed by atoms with van der Waals surface area (Å²) in [5.74, 6) is 2.11. The van der Waals surface area contributed by atoms with Crippen molar-refractivity contribution >= 4 is 64.2 Å². The molecule has 3 heterocycles. The van der Waals surface area contributed by atoms with Crippen molar-refractivity contribution in [2.75, 3.05) is 0 Å². The SMILES string of the molecule is c1ccc2c(c1)CC(c1nc(-c3cccc4c(-c5cccc6oc7ccccc7c56)cccc34)nc(-c3cccc4c3sc3ccccc34)n1)c1ccccc1-2.